The average molecular weight is 113 g/mol. The quantitative estimate of drug-likeness (QED) is 0.504. The molecule has 8 heavy (non-hydrogen) atoms. The number of rotatable bonds is 3. The van der Waals surface area contributed by atoms with E-state index in [1.165, 1.54) is 0 Å². The lowest BCUT2D eigenvalue weighted by molar-refractivity contribution is -0.117. The van der Waals surface area contributed by atoms with Gasteiger partial charge in [-0.05, 0) is 14.0 Å². The highest BCUT2D eigenvalue weighted by molar-refractivity contribution is 6.42. The topological polar surface area (TPSA) is 29.1 Å². The van der Waals surface area contributed by atoms with Gasteiger partial charge in [-0.15, -0.1) is 0 Å². The number of hydrogen-bond acceptors (Lipinski definition) is 2. The largest absolute Gasteiger partial charge is 0.317 e. The first-order chi connectivity index (χ1) is 3.72. The summed E-state index contributed by atoms with van der Waals surface area (Å²) >= 11 is 0. The Bertz CT molecular complexity index is 80.5. The molecule has 0 radical (unpaired) electrons. The van der Waals surface area contributed by atoms with Crippen molar-refractivity contribution in [1.82, 2.24) is 5.32 Å². The van der Waals surface area contributed by atoms with Crippen LogP contribution in [0, 0.1) is 0 Å². The van der Waals surface area contributed by atoms with E-state index in [1.807, 2.05) is 6.82 Å². The van der Waals surface area contributed by atoms with Crippen LogP contribution in [-0.4, -0.2) is 26.1 Å². The molecule has 0 aliphatic heterocycles. The van der Waals surface area contributed by atoms with Gasteiger partial charge in [-0.1, -0.05) is 6.82 Å². The maximum absolute atomic E-state index is 10.5. The van der Waals surface area contributed by atoms with E-state index in [-0.39, 0.29) is 11.7 Å². The zero-order chi connectivity index (χ0) is 6.57. The Kier molecular flexibility index (Phi) is 3.53. The van der Waals surface area contributed by atoms with Crippen molar-refractivity contribution in [3.05, 3.63) is 0 Å². The predicted molar refractivity (Wildman–Crippen MR) is 36.5 cm³/mol. The average Bonchev–Trinajstić information content (AvgIpc) is 1.69. The third-order valence-corrected chi connectivity index (χ3v) is 1.25. The van der Waals surface area contributed by atoms with Gasteiger partial charge in [0.1, 0.15) is 13.1 Å². The van der Waals surface area contributed by atoms with Gasteiger partial charge in [0.15, 0.2) is 0 Å². The lowest BCUT2D eigenvalue weighted by atomic mass is 9.71. The van der Waals surface area contributed by atoms with Gasteiger partial charge in [-0.25, -0.2) is 0 Å². The summed E-state index contributed by atoms with van der Waals surface area (Å²) in [7, 11) is 2.68. The molecule has 1 atom stereocenters. The Morgan fingerprint density at radius 3 is 2.25 bits per heavy atom. The summed E-state index contributed by atoms with van der Waals surface area (Å²) in [4.78, 5) is 10.5. The van der Waals surface area contributed by atoms with Crippen LogP contribution < -0.4 is 5.32 Å². The van der Waals surface area contributed by atoms with Crippen molar-refractivity contribution in [2.24, 2.45) is 0 Å². The molecule has 0 aromatic carbocycles. The molecule has 0 heterocycles. The Balaban J connectivity index is 3.52. The van der Waals surface area contributed by atoms with Crippen LogP contribution in [0.5, 0.6) is 0 Å². The van der Waals surface area contributed by atoms with Crippen molar-refractivity contribution in [3.63, 3.8) is 0 Å². The van der Waals surface area contributed by atoms with Crippen molar-refractivity contribution < 1.29 is 4.79 Å². The van der Waals surface area contributed by atoms with Gasteiger partial charge in [-0.3, -0.25) is 4.79 Å². The van der Waals surface area contributed by atoms with E-state index in [2.05, 4.69) is 5.32 Å². The minimum atomic E-state index is 0.0648. The highest BCUT2D eigenvalue weighted by atomic mass is 16.1. The molecule has 1 N–H and O–H groups in total. The van der Waals surface area contributed by atoms with Crippen LogP contribution in [0.2, 0.25) is 6.82 Å². The van der Waals surface area contributed by atoms with E-state index in [9.17, 15) is 4.79 Å². The highest BCUT2D eigenvalue weighted by Crippen LogP contribution is 1.79. The second-order valence-corrected chi connectivity index (χ2v) is 1.86. The van der Waals surface area contributed by atoms with Crippen molar-refractivity contribution >= 4 is 13.1 Å². The van der Waals surface area contributed by atoms with Crippen molar-refractivity contribution in [2.75, 3.05) is 7.05 Å². The molecule has 0 spiro atoms. The first-order valence-corrected chi connectivity index (χ1v) is 2.90. The molecule has 0 saturated carbocycles. The van der Waals surface area contributed by atoms with Gasteiger partial charge < -0.3 is 5.32 Å². The number of hydrogen-bond donors (Lipinski definition) is 1. The number of likely N-dealkylation sites (N-methyl/N-ethyl adjacent to an activating group) is 1. The smallest absolute Gasteiger partial charge is 0.148 e. The number of Topliss-reactive ketones (excluding diaryl/α,β-unsaturated/α-hetero) is 1. The van der Waals surface area contributed by atoms with Gasteiger partial charge in [0.05, 0.1) is 0 Å². The van der Waals surface area contributed by atoms with Crippen LogP contribution >= 0.6 is 0 Å². The number of carbonyl (C=O) groups is 1. The summed E-state index contributed by atoms with van der Waals surface area (Å²) in [5.74, 6) is 0.282. The number of carbonyl (C=O) groups excluding carboxylic acids is 1. The summed E-state index contributed by atoms with van der Waals surface area (Å²) in [6, 6.07) is 0. The van der Waals surface area contributed by atoms with Gasteiger partial charge in [-0.2, -0.15) is 0 Å². The summed E-state index contributed by atoms with van der Waals surface area (Å²) in [5.41, 5.74) is 0. The van der Waals surface area contributed by atoms with Crippen LogP contribution in [0.4, 0.5) is 0 Å². The molecule has 0 aliphatic carbocycles. The first kappa shape index (κ1) is 7.69. The molecule has 1 unspecified atom stereocenters. The van der Waals surface area contributed by atoms with E-state index >= 15 is 0 Å². The van der Waals surface area contributed by atoms with Crippen molar-refractivity contribution in [2.45, 2.75) is 19.7 Å². The third-order valence-electron chi connectivity index (χ3n) is 1.25. The number of nitrogens with one attached hydrogen (secondary N) is 1. The highest BCUT2D eigenvalue weighted by Gasteiger charge is 2.07. The summed E-state index contributed by atoms with van der Waals surface area (Å²) in [6.07, 6.45) is 0. The summed E-state index contributed by atoms with van der Waals surface area (Å²) in [6.45, 7) is 3.59. The third kappa shape index (κ3) is 2.12. The molecular weight excluding hydrogens is 101 g/mol. The summed E-state index contributed by atoms with van der Waals surface area (Å²) < 4.78 is 0. The molecule has 0 saturated heterocycles. The normalized spacial score (nSPS) is 12.9. The van der Waals surface area contributed by atoms with E-state index in [0.717, 1.165) is 7.28 Å². The molecule has 46 valence electrons. The molecule has 2 nitrogen and oxygen atoms in total. The van der Waals surface area contributed by atoms with Gasteiger partial charge in [0.25, 0.3) is 0 Å². The van der Waals surface area contributed by atoms with Crippen LogP contribution in [0.3, 0.4) is 0 Å². The lowest BCUT2D eigenvalue weighted by Gasteiger charge is -2.06. The Labute approximate surface area is 50.9 Å². The Hall–Kier alpha value is -0.305. The van der Waals surface area contributed by atoms with E-state index in [0.29, 0.717) is 0 Å². The second-order valence-electron chi connectivity index (χ2n) is 1.86. The standard InChI is InChI=1S/C5H12BNO/c1-4(8)5(6-2)7-3/h5-7H,1-3H3. The van der Waals surface area contributed by atoms with Gasteiger partial charge in [0.2, 0.25) is 0 Å². The fourth-order valence-corrected chi connectivity index (χ4v) is 0.695. The predicted octanol–water partition coefficient (Wildman–Crippen LogP) is -0.395. The van der Waals surface area contributed by atoms with Crippen LogP contribution in [0.25, 0.3) is 0 Å². The molecule has 0 amide bonds. The molecule has 0 rings (SSSR count). The molecule has 0 aromatic heterocycles. The Morgan fingerprint density at radius 2 is 2.25 bits per heavy atom. The van der Waals surface area contributed by atoms with E-state index in [4.69, 9.17) is 0 Å². The molecule has 0 aliphatic rings. The van der Waals surface area contributed by atoms with Crippen LogP contribution in [-0.2, 0) is 4.79 Å². The molecular formula is C5H12BNO. The van der Waals surface area contributed by atoms with Crippen molar-refractivity contribution in [3.8, 4) is 0 Å². The zero-order valence-corrected chi connectivity index (χ0v) is 5.69. The fraction of sp³-hybridized carbons (Fsp3) is 0.800. The van der Waals surface area contributed by atoms with Crippen molar-refractivity contribution in [1.29, 1.82) is 0 Å². The van der Waals surface area contributed by atoms with Crippen LogP contribution in [0.15, 0.2) is 0 Å². The Morgan fingerprint density at radius 1 is 1.75 bits per heavy atom. The maximum atomic E-state index is 10.5. The zero-order valence-electron chi connectivity index (χ0n) is 5.69. The monoisotopic (exact) mass is 113 g/mol. The first-order valence-electron chi connectivity index (χ1n) is 2.90. The van der Waals surface area contributed by atoms with E-state index < -0.39 is 0 Å². The SMILES string of the molecule is CBC(NC)C(C)=O. The van der Waals surface area contributed by atoms with E-state index in [1.54, 1.807) is 14.0 Å². The molecule has 0 fully saturated rings. The van der Waals surface area contributed by atoms with Crippen LogP contribution in [0.1, 0.15) is 6.92 Å². The minimum Gasteiger partial charge on any atom is -0.317 e. The molecule has 3 heteroatoms. The molecule has 0 aromatic rings. The number of ketones is 1. The minimum absolute atomic E-state index is 0.0648. The fourth-order valence-electron chi connectivity index (χ4n) is 0.695. The van der Waals surface area contributed by atoms with Gasteiger partial charge in [0, 0.05) is 5.94 Å². The lowest BCUT2D eigenvalue weighted by Crippen LogP contribution is -2.36. The second kappa shape index (κ2) is 3.67. The molecule has 0 bridgehead atoms. The maximum Gasteiger partial charge on any atom is 0.148 e. The summed E-state index contributed by atoms with van der Waals surface area (Å²) in [5, 5.41) is 2.90. The van der Waals surface area contributed by atoms with Gasteiger partial charge >= 0.3 is 0 Å².